The van der Waals surface area contributed by atoms with E-state index in [0.717, 1.165) is 12.1 Å². The summed E-state index contributed by atoms with van der Waals surface area (Å²) < 4.78 is 0. The lowest BCUT2D eigenvalue weighted by Crippen LogP contribution is -2.42. The van der Waals surface area contributed by atoms with Crippen LogP contribution in [0.25, 0.3) is 0 Å². The van der Waals surface area contributed by atoms with Gasteiger partial charge in [-0.05, 0) is 24.3 Å². The van der Waals surface area contributed by atoms with Crippen LogP contribution in [-0.4, -0.2) is 21.9 Å². The Morgan fingerprint density at radius 3 is 2.43 bits per heavy atom. The molecule has 8 nitrogen and oxygen atoms in total. The smallest absolute Gasteiger partial charge is 0.273 e. The number of nitrogens with zero attached hydrogens (tertiary/aromatic N) is 1. The molecule has 8 heteroatoms. The molecule has 120 valence electrons. The molecule has 1 saturated carbocycles. The standard InChI is InChI=1S/C15H14N2O6/c18-11-6-9(17(22)23)3-4-10(11)16-14(19)12-7-1-2-8(5-7)13(12)15(20)21/h1-4,6-8,12-13,18H,5H2,(H,16,19)(H,20,21)/p-1/t7-,8+,12+,13+/m0/s1. The first-order valence-corrected chi connectivity index (χ1v) is 7.06. The average molecular weight is 317 g/mol. The molecule has 1 amide bonds. The number of aromatic hydroxyl groups is 1. The monoisotopic (exact) mass is 317 g/mol. The van der Waals surface area contributed by atoms with Crippen molar-refractivity contribution in [3.05, 3.63) is 40.5 Å². The topological polar surface area (TPSA) is 133 Å². The van der Waals surface area contributed by atoms with E-state index in [2.05, 4.69) is 5.32 Å². The zero-order chi connectivity index (χ0) is 16.7. The Kier molecular flexibility index (Phi) is 3.51. The lowest BCUT2D eigenvalue weighted by Gasteiger charge is -2.27. The highest BCUT2D eigenvalue weighted by Crippen LogP contribution is 2.48. The Morgan fingerprint density at radius 1 is 1.22 bits per heavy atom. The van der Waals surface area contributed by atoms with Gasteiger partial charge >= 0.3 is 0 Å². The fraction of sp³-hybridized carbons (Fsp3) is 0.333. The first-order valence-electron chi connectivity index (χ1n) is 7.06. The summed E-state index contributed by atoms with van der Waals surface area (Å²) in [6.45, 7) is 0. The third-order valence-corrected chi connectivity index (χ3v) is 4.48. The molecule has 0 saturated heterocycles. The second kappa shape index (κ2) is 5.38. The van der Waals surface area contributed by atoms with Crippen molar-refractivity contribution in [3.63, 3.8) is 0 Å². The van der Waals surface area contributed by atoms with E-state index in [1.807, 2.05) is 6.08 Å². The molecule has 0 radical (unpaired) electrons. The number of carboxylic acids is 1. The Bertz CT molecular complexity index is 729. The highest BCUT2D eigenvalue weighted by atomic mass is 16.6. The molecule has 2 bridgehead atoms. The maximum Gasteiger partial charge on any atom is 0.273 e. The van der Waals surface area contributed by atoms with Gasteiger partial charge in [0, 0.05) is 18.0 Å². The SMILES string of the molecule is O=C([O-])[C@H]1[C@H](C(=O)Nc2ccc([N+](=O)[O-])cc2O)[C@H]2C=C[C@@H]1C2. The number of fused-ring (bicyclic) bond motifs is 2. The lowest BCUT2D eigenvalue weighted by atomic mass is 9.82. The molecule has 3 rings (SSSR count). The summed E-state index contributed by atoms with van der Waals surface area (Å²) in [4.78, 5) is 33.7. The first kappa shape index (κ1) is 15.0. The van der Waals surface area contributed by atoms with Crippen LogP contribution in [0.4, 0.5) is 11.4 Å². The number of hydrogen-bond acceptors (Lipinski definition) is 6. The first-order chi connectivity index (χ1) is 10.9. The highest BCUT2D eigenvalue weighted by molar-refractivity contribution is 5.97. The van der Waals surface area contributed by atoms with Crippen molar-refractivity contribution < 1.29 is 24.7 Å². The van der Waals surface area contributed by atoms with Crippen LogP contribution in [0.2, 0.25) is 0 Å². The Morgan fingerprint density at radius 2 is 1.87 bits per heavy atom. The van der Waals surface area contributed by atoms with Crippen LogP contribution in [0.1, 0.15) is 6.42 Å². The van der Waals surface area contributed by atoms with Crippen LogP contribution in [0, 0.1) is 33.8 Å². The summed E-state index contributed by atoms with van der Waals surface area (Å²) in [6, 6.07) is 3.28. The van der Waals surface area contributed by atoms with Crippen molar-refractivity contribution in [3.8, 4) is 5.75 Å². The van der Waals surface area contributed by atoms with Gasteiger partial charge in [0.2, 0.25) is 5.91 Å². The molecule has 2 aliphatic carbocycles. The van der Waals surface area contributed by atoms with Crippen molar-refractivity contribution in [1.82, 2.24) is 0 Å². The number of phenols is 1. The lowest BCUT2D eigenvalue weighted by molar-refractivity contribution is -0.384. The van der Waals surface area contributed by atoms with Gasteiger partial charge in [-0.3, -0.25) is 14.9 Å². The largest absolute Gasteiger partial charge is 0.550 e. The molecule has 0 aliphatic heterocycles. The Balaban J connectivity index is 1.81. The number of carbonyl (C=O) groups is 2. The average Bonchev–Trinajstić information content (AvgIpc) is 3.09. The summed E-state index contributed by atoms with van der Waals surface area (Å²) in [5.41, 5.74) is -0.305. The molecule has 2 aliphatic rings. The van der Waals surface area contributed by atoms with E-state index in [0.29, 0.717) is 6.42 Å². The summed E-state index contributed by atoms with van der Waals surface area (Å²) in [7, 11) is 0. The number of carboxylic acid groups (broad SMARTS) is 1. The third kappa shape index (κ3) is 2.52. The number of nitro benzene ring substituents is 1. The summed E-state index contributed by atoms with van der Waals surface area (Å²) in [5, 5.41) is 34.2. The molecule has 2 N–H and O–H groups in total. The van der Waals surface area contributed by atoms with Gasteiger partial charge in [0.25, 0.3) is 5.69 Å². The number of benzene rings is 1. The molecule has 23 heavy (non-hydrogen) atoms. The van der Waals surface area contributed by atoms with Gasteiger partial charge in [0.1, 0.15) is 5.75 Å². The van der Waals surface area contributed by atoms with Crippen molar-refractivity contribution in [2.24, 2.45) is 23.7 Å². The zero-order valence-electron chi connectivity index (χ0n) is 11.8. The molecule has 0 spiro atoms. The number of nitrogens with one attached hydrogen (secondary N) is 1. The van der Waals surface area contributed by atoms with Gasteiger partial charge in [-0.15, -0.1) is 0 Å². The van der Waals surface area contributed by atoms with Crippen molar-refractivity contribution in [1.29, 1.82) is 0 Å². The predicted octanol–water partition coefficient (Wildman–Crippen LogP) is 0.427. The molecule has 4 atom stereocenters. The van der Waals surface area contributed by atoms with Crippen molar-refractivity contribution in [2.75, 3.05) is 5.32 Å². The van der Waals surface area contributed by atoms with E-state index in [4.69, 9.17) is 0 Å². The van der Waals surface area contributed by atoms with Crippen molar-refractivity contribution in [2.45, 2.75) is 6.42 Å². The number of aliphatic carboxylic acids is 1. The van der Waals surface area contributed by atoms with Gasteiger partial charge in [-0.2, -0.15) is 0 Å². The maximum atomic E-state index is 12.4. The van der Waals surface area contributed by atoms with Crippen LogP contribution >= 0.6 is 0 Å². The Labute approximate surface area is 130 Å². The second-order valence-corrected chi connectivity index (χ2v) is 5.77. The van der Waals surface area contributed by atoms with Crippen LogP contribution < -0.4 is 10.4 Å². The van der Waals surface area contributed by atoms with Crippen LogP contribution in [0.3, 0.4) is 0 Å². The fourth-order valence-electron chi connectivity index (χ4n) is 3.46. The molecule has 0 heterocycles. The minimum absolute atomic E-state index is 0.00412. The number of anilines is 1. The minimum Gasteiger partial charge on any atom is -0.550 e. The number of amides is 1. The molecule has 1 fully saturated rings. The molecular weight excluding hydrogens is 304 g/mol. The Hall–Kier alpha value is -2.90. The highest BCUT2D eigenvalue weighted by Gasteiger charge is 2.48. The summed E-state index contributed by atoms with van der Waals surface area (Å²) >= 11 is 0. The zero-order valence-corrected chi connectivity index (χ0v) is 11.8. The van der Waals surface area contributed by atoms with Gasteiger partial charge in [-0.25, -0.2) is 0 Å². The predicted molar refractivity (Wildman–Crippen MR) is 76.1 cm³/mol. The number of allylic oxidation sites excluding steroid dienone is 2. The van der Waals surface area contributed by atoms with Crippen LogP contribution in [-0.2, 0) is 9.59 Å². The summed E-state index contributed by atoms with van der Waals surface area (Å²) in [6.07, 6.45) is 4.20. The number of non-ortho nitro benzene ring substituents is 1. The van der Waals surface area contributed by atoms with Gasteiger partial charge in [0.15, 0.2) is 0 Å². The third-order valence-electron chi connectivity index (χ3n) is 4.48. The second-order valence-electron chi connectivity index (χ2n) is 5.77. The van der Waals surface area contributed by atoms with Crippen LogP contribution in [0.5, 0.6) is 5.75 Å². The summed E-state index contributed by atoms with van der Waals surface area (Å²) in [5.74, 6) is -4.32. The molecule has 0 unspecified atom stereocenters. The van der Waals surface area contributed by atoms with E-state index < -0.39 is 34.4 Å². The van der Waals surface area contributed by atoms with Gasteiger partial charge < -0.3 is 20.3 Å². The number of rotatable bonds is 4. The molecule has 1 aromatic carbocycles. The van der Waals surface area contributed by atoms with E-state index >= 15 is 0 Å². The van der Waals surface area contributed by atoms with Crippen molar-refractivity contribution >= 4 is 23.3 Å². The quantitative estimate of drug-likeness (QED) is 0.358. The van der Waals surface area contributed by atoms with Crippen LogP contribution in [0.15, 0.2) is 30.4 Å². The number of nitro groups is 1. The maximum absolute atomic E-state index is 12.4. The molecule has 0 aromatic heterocycles. The van der Waals surface area contributed by atoms with E-state index in [1.165, 1.54) is 6.07 Å². The normalized spacial score (nSPS) is 27.8. The van der Waals surface area contributed by atoms with E-state index in [1.54, 1.807) is 6.08 Å². The van der Waals surface area contributed by atoms with E-state index in [-0.39, 0.29) is 23.2 Å². The minimum atomic E-state index is -1.27. The number of carbonyl (C=O) groups excluding carboxylic acids is 2. The fourth-order valence-corrected chi connectivity index (χ4v) is 3.46. The molecular formula is C15H13N2O6-. The van der Waals surface area contributed by atoms with Gasteiger partial charge in [0.05, 0.1) is 22.6 Å². The van der Waals surface area contributed by atoms with Gasteiger partial charge in [-0.1, -0.05) is 12.2 Å². The number of hydrogen-bond donors (Lipinski definition) is 2. The molecule has 1 aromatic rings. The van der Waals surface area contributed by atoms with E-state index in [9.17, 15) is 29.9 Å². The number of phenolic OH excluding ortho intramolecular Hbond substituents is 1.